The minimum atomic E-state index is 0.0355. The molecule has 2 aromatic rings. The van der Waals surface area contributed by atoms with Gasteiger partial charge in [-0.1, -0.05) is 13.0 Å². The highest BCUT2D eigenvalue weighted by atomic mass is 16.5. The number of hydrogen-bond acceptors (Lipinski definition) is 4. The number of H-pyrrole nitrogens is 1. The van der Waals surface area contributed by atoms with E-state index in [1.807, 2.05) is 12.1 Å². The van der Waals surface area contributed by atoms with Gasteiger partial charge in [-0.3, -0.25) is 5.10 Å². The number of aryl methyl sites for hydroxylation is 1. The van der Waals surface area contributed by atoms with Gasteiger partial charge in [0.15, 0.2) is 0 Å². The fourth-order valence-corrected chi connectivity index (χ4v) is 2.10. The number of hydrogen-bond donors (Lipinski definition) is 2. The zero-order valence-electron chi connectivity index (χ0n) is 11.6. The molecule has 5 nitrogen and oxygen atoms in total. The Morgan fingerprint density at radius 2 is 2.26 bits per heavy atom. The molecule has 1 aromatic heterocycles. The van der Waals surface area contributed by atoms with Crippen molar-refractivity contribution in [2.45, 2.75) is 26.3 Å². The van der Waals surface area contributed by atoms with E-state index < -0.39 is 0 Å². The lowest BCUT2D eigenvalue weighted by Crippen LogP contribution is -2.25. The van der Waals surface area contributed by atoms with Gasteiger partial charge in [0.2, 0.25) is 0 Å². The molecule has 0 spiro atoms. The molecule has 0 saturated heterocycles. The van der Waals surface area contributed by atoms with Gasteiger partial charge in [-0.25, -0.2) is 4.98 Å². The Labute approximate surface area is 113 Å². The summed E-state index contributed by atoms with van der Waals surface area (Å²) in [5.74, 6) is 1.70. The highest BCUT2D eigenvalue weighted by molar-refractivity contribution is 5.38. The molecule has 5 heteroatoms. The van der Waals surface area contributed by atoms with Crippen LogP contribution in [0, 0.1) is 6.92 Å². The van der Waals surface area contributed by atoms with Gasteiger partial charge in [0.05, 0.1) is 13.2 Å². The van der Waals surface area contributed by atoms with E-state index in [9.17, 15) is 0 Å². The van der Waals surface area contributed by atoms with Crippen LogP contribution < -0.4 is 10.1 Å². The van der Waals surface area contributed by atoms with Gasteiger partial charge in [0, 0.05) is 0 Å². The van der Waals surface area contributed by atoms with E-state index in [0.29, 0.717) is 0 Å². The summed E-state index contributed by atoms with van der Waals surface area (Å²) in [7, 11) is 1.68. The minimum Gasteiger partial charge on any atom is -0.497 e. The summed E-state index contributed by atoms with van der Waals surface area (Å²) in [6.07, 6.45) is 2.61. The smallest absolute Gasteiger partial charge is 0.145 e. The van der Waals surface area contributed by atoms with Crippen LogP contribution in [0.5, 0.6) is 5.75 Å². The topological polar surface area (TPSA) is 62.8 Å². The number of methoxy groups -OCH3 is 1. The Morgan fingerprint density at radius 3 is 2.84 bits per heavy atom. The van der Waals surface area contributed by atoms with Crippen LogP contribution in [0.2, 0.25) is 0 Å². The Hall–Kier alpha value is -1.88. The van der Waals surface area contributed by atoms with E-state index in [2.05, 4.69) is 40.4 Å². The lowest BCUT2D eigenvalue weighted by molar-refractivity contribution is 0.414. The van der Waals surface area contributed by atoms with Crippen molar-refractivity contribution < 1.29 is 4.74 Å². The number of aromatic nitrogens is 3. The fourth-order valence-electron chi connectivity index (χ4n) is 2.10. The highest BCUT2D eigenvalue weighted by Crippen LogP contribution is 2.25. The van der Waals surface area contributed by atoms with Crippen LogP contribution in [0.1, 0.15) is 36.3 Å². The van der Waals surface area contributed by atoms with E-state index in [1.165, 1.54) is 17.5 Å². The van der Waals surface area contributed by atoms with E-state index >= 15 is 0 Å². The maximum absolute atomic E-state index is 5.25. The summed E-state index contributed by atoms with van der Waals surface area (Å²) in [4.78, 5) is 4.27. The summed E-state index contributed by atoms with van der Waals surface area (Å²) in [6, 6.07) is 6.11. The van der Waals surface area contributed by atoms with Crippen LogP contribution in [0.3, 0.4) is 0 Å². The van der Waals surface area contributed by atoms with Gasteiger partial charge < -0.3 is 10.1 Å². The normalized spacial score (nSPS) is 12.4. The average Bonchev–Trinajstić information content (AvgIpc) is 2.94. The molecule has 2 rings (SSSR count). The molecule has 0 aliphatic heterocycles. The summed E-state index contributed by atoms with van der Waals surface area (Å²) >= 11 is 0. The number of rotatable bonds is 6. The Morgan fingerprint density at radius 1 is 1.42 bits per heavy atom. The van der Waals surface area contributed by atoms with E-state index in [-0.39, 0.29) is 6.04 Å². The van der Waals surface area contributed by atoms with Crippen LogP contribution in [0.15, 0.2) is 24.5 Å². The molecular weight excluding hydrogens is 240 g/mol. The van der Waals surface area contributed by atoms with Crippen molar-refractivity contribution >= 4 is 0 Å². The number of benzene rings is 1. The second-order valence-corrected chi connectivity index (χ2v) is 4.48. The Balaban J connectivity index is 2.32. The van der Waals surface area contributed by atoms with Crippen LogP contribution in [0.25, 0.3) is 0 Å². The van der Waals surface area contributed by atoms with Gasteiger partial charge in [-0.05, 0) is 43.1 Å². The first-order valence-electron chi connectivity index (χ1n) is 6.49. The molecular formula is C14H20N4O. The number of ether oxygens (including phenoxy) is 1. The number of nitrogens with one attached hydrogen (secondary N) is 2. The molecule has 0 aliphatic carbocycles. The molecule has 0 bridgehead atoms. The highest BCUT2D eigenvalue weighted by Gasteiger charge is 2.18. The van der Waals surface area contributed by atoms with Crippen LogP contribution in [-0.4, -0.2) is 28.8 Å². The van der Waals surface area contributed by atoms with Gasteiger partial charge in [0.25, 0.3) is 0 Å². The fraction of sp³-hybridized carbons (Fsp3) is 0.429. The largest absolute Gasteiger partial charge is 0.497 e. The number of aromatic amines is 1. The van der Waals surface area contributed by atoms with Crippen molar-refractivity contribution in [1.29, 1.82) is 0 Å². The molecule has 0 aliphatic rings. The van der Waals surface area contributed by atoms with Gasteiger partial charge in [0.1, 0.15) is 17.9 Å². The van der Waals surface area contributed by atoms with Gasteiger partial charge in [-0.15, -0.1) is 0 Å². The zero-order valence-corrected chi connectivity index (χ0v) is 11.6. The lowest BCUT2D eigenvalue weighted by Gasteiger charge is -2.19. The van der Waals surface area contributed by atoms with E-state index in [4.69, 9.17) is 4.74 Å². The first-order chi connectivity index (χ1) is 9.26. The van der Waals surface area contributed by atoms with Crippen LogP contribution in [0.4, 0.5) is 0 Å². The third kappa shape index (κ3) is 3.12. The van der Waals surface area contributed by atoms with Crippen molar-refractivity contribution in [3.63, 3.8) is 0 Å². The van der Waals surface area contributed by atoms with Gasteiger partial charge in [-0.2, -0.15) is 5.10 Å². The van der Waals surface area contributed by atoms with Crippen molar-refractivity contribution in [1.82, 2.24) is 20.5 Å². The van der Waals surface area contributed by atoms with Crippen LogP contribution in [-0.2, 0) is 0 Å². The molecule has 0 amide bonds. The van der Waals surface area contributed by atoms with Crippen molar-refractivity contribution in [3.8, 4) is 5.75 Å². The SMILES string of the molecule is CCCNC(c1ncn[nH]1)c1ccc(OC)cc1C. The maximum Gasteiger partial charge on any atom is 0.145 e. The van der Waals surface area contributed by atoms with Crippen molar-refractivity contribution in [3.05, 3.63) is 41.5 Å². The number of nitrogens with zero attached hydrogens (tertiary/aromatic N) is 2. The molecule has 0 radical (unpaired) electrons. The second kappa shape index (κ2) is 6.33. The van der Waals surface area contributed by atoms with Crippen molar-refractivity contribution in [2.24, 2.45) is 0 Å². The van der Waals surface area contributed by atoms with Crippen LogP contribution >= 0.6 is 0 Å². The summed E-state index contributed by atoms with van der Waals surface area (Å²) in [5, 5.41) is 10.4. The summed E-state index contributed by atoms with van der Waals surface area (Å²) < 4.78 is 5.25. The predicted molar refractivity (Wildman–Crippen MR) is 74.3 cm³/mol. The molecule has 19 heavy (non-hydrogen) atoms. The molecule has 2 N–H and O–H groups in total. The second-order valence-electron chi connectivity index (χ2n) is 4.48. The minimum absolute atomic E-state index is 0.0355. The summed E-state index contributed by atoms with van der Waals surface area (Å²) in [5.41, 5.74) is 2.36. The maximum atomic E-state index is 5.25. The molecule has 1 aromatic carbocycles. The molecule has 1 atom stereocenters. The first kappa shape index (κ1) is 13.5. The Kier molecular flexibility index (Phi) is 4.52. The quantitative estimate of drug-likeness (QED) is 0.836. The molecule has 1 unspecified atom stereocenters. The van der Waals surface area contributed by atoms with Crippen molar-refractivity contribution in [2.75, 3.05) is 13.7 Å². The monoisotopic (exact) mass is 260 g/mol. The molecule has 0 fully saturated rings. The third-order valence-electron chi connectivity index (χ3n) is 3.09. The molecule has 102 valence electrons. The lowest BCUT2D eigenvalue weighted by atomic mass is 10.00. The standard InChI is InChI=1S/C14H20N4O/c1-4-7-15-13(14-16-9-17-18-14)12-6-5-11(19-3)8-10(12)2/h5-6,8-9,13,15H,4,7H2,1-3H3,(H,16,17,18). The summed E-state index contributed by atoms with van der Waals surface area (Å²) in [6.45, 7) is 5.15. The van der Waals surface area contributed by atoms with E-state index in [0.717, 1.165) is 24.5 Å². The van der Waals surface area contributed by atoms with Gasteiger partial charge >= 0.3 is 0 Å². The van der Waals surface area contributed by atoms with E-state index in [1.54, 1.807) is 7.11 Å². The average molecular weight is 260 g/mol. The zero-order chi connectivity index (χ0) is 13.7. The molecule has 1 heterocycles. The Bertz CT molecular complexity index is 510. The predicted octanol–water partition coefficient (Wildman–Crippen LogP) is 2.21. The molecule has 0 saturated carbocycles. The third-order valence-corrected chi connectivity index (χ3v) is 3.09. The first-order valence-corrected chi connectivity index (χ1v) is 6.49.